The van der Waals surface area contributed by atoms with Crippen LogP contribution in [-0.2, 0) is 19.3 Å². The molecule has 0 fully saturated rings. The second kappa shape index (κ2) is 6.87. The summed E-state index contributed by atoms with van der Waals surface area (Å²) in [5.74, 6) is 1.06. The maximum absolute atomic E-state index is 5.07. The maximum Gasteiger partial charge on any atom is 0.149 e. The number of pyridine rings is 1. The van der Waals surface area contributed by atoms with Gasteiger partial charge in [0.25, 0.3) is 0 Å². The minimum atomic E-state index is 1.03. The Morgan fingerprint density at radius 1 is 1.12 bits per heavy atom. The van der Waals surface area contributed by atoms with Crippen molar-refractivity contribution in [2.24, 2.45) is 0 Å². The number of aromatic nitrogens is 3. The summed E-state index contributed by atoms with van der Waals surface area (Å²) in [5.41, 5.74) is 5.46. The lowest BCUT2D eigenvalue weighted by Crippen LogP contribution is -2.19. The molecule has 0 spiro atoms. The highest BCUT2D eigenvalue weighted by Crippen LogP contribution is 2.41. The van der Waals surface area contributed by atoms with Crippen LogP contribution in [0, 0.1) is 0 Å². The Morgan fingerprint density at radius 3 is 2.76 bits per heavy atom. The van der Waals surface area contributed by atoms with Gasteiger partial charge in [0.05, 0.1) is 10.2 Å². The number of aryl methyl sites for hydroxylation is 2. The van der Waals surface area contributed by atoms with E-state index in [9.17, 15) is 0 Å². The molecule has 132 valence electrons. The van der Waals surface area contributed by atoms with Crippen molar-refractivity contribution >= 4 is 37.6 Å². The highest BCUT2D eigenvalue weighted by atomic mass is 32.1. The first-order valence-corrected chi connectivity index (χ1v) is 10.3. The molecule has 4 rings (SSSR count). The monoisotopic (exact) mass is 354 g/mol. The van der Waals surface area contributed by atoms with Gasteiger partial charge in [0.15, 0.2) is 0 Å². The van der Waals surface area contributed by atoms with E-state index in [2.05, 4.69) is 35.8 Å². The number of rotatable bonds is 6. The van der Waals surface area contributed by atoms with Crippen molar-refractivity contribution in [1.29, 1.82) is 0 Å². The molecular formula is C20H26N4S. The van der Waals surface area contributed by atoms with Crippen molar-refractivity contribution in [3.05, 3.63) is 23.1 Å². The van der Waals surface area contributed by atoms with Crippen LogP contribution in [-0.4, -0.2) is 28.5 Å². The Bertz CT molecular complexity index is 915. The van der Waals surface area contributed by atoms with Crippen molar-refractivity contribution in [3.63, 3.8) is 0 Å². The Balaban J connectivity index is 1.93. The van der Waals surface area contributed by atoms with Crippen LogP contribution in [0.4, 0.5) is 5.82 Å². The number of hydrogen-bond acceptors (Lipinski definition) is 5. The molecule has 4 nitrogen and oxygen atoms in total. The van der Waals surface area contributed by atoms with Crippen LogP contribution in [0.25, 0.3) is 20.4 Å². The Labute approximate surface area is 153 Å². The van der Waals surface area contributed by atoms with Gasteiger partial charge in [-0.15, -0.1) is 11.3 Å². The van der Waals surface area contributed by atoms with Gasteiger partial charge in [0.2, 0.25) is 0 Å². The molecule has 0 saturated heterocycles. The van der Waals surface area contributed by atoms with Crippen LogP contribution in [0.2, 0.25) is 0 Å². The second-order valence-corrected chi connectivity index (χ2v) is 8.05. The van der Waals surface area contributed by atoms with Crippen LogP contribution in [0.3, 0.4) is 0 Å². The summed E-state index contributed by atoms with van der Waals surface area (Å²) in [6.45, 7) is 5.50. The van der Waals surface area contributed by atoms with Crippen molar-refractivity contribution in [3.8, 4) is 0 Å². The quantitative estimate of drug-likeness (QED) is 0.630. The molecule has 0 N–H and O–H groups in total. The zero-order valence-corrected chi connectivity index (χ0v) is 16.2. The first-order valence-electron chi connectivity index (χ1n) is 9.53. The zero-order chi connectivity index (χ0) is 17.4. The molecule has 25 heavy (non-hydrogen) atoms. The summed E-state index contributed by atoms with van der Waals surface area (Å²) < 4.78 is 1.20. The molecule has 0 saturated carbocycles. The summed E-state index contributed by atoms with van der Waals surface area (Å²) in [6.07, 6.45) is 9.94. The Kier molecular flexibility index (Phi) is 4.59. The molecule has 0 atom stereocenters. The molecule has 0 aromatic carbocycles. The standard InChI is InChI=1S/C20H26N4S/c1-4-6-11-24(3)19-18-17(21-12-22-19)16-14-10-7-9-13(14)15(8-5-2)23-20(16)25-18/h12H,4-11H2,1-3H3. The fourth-order valence-electron chi connectivity index (χ4n) is 3.98. The first kappa shape index (κ1) is 16.7. The molecule has 0 aliphatic heterocycles. The average Bonchev–Trinajstić information content (AvgIpc) is 3.23. The van der Waals surface area contributed by atoms with Gasteiger partial charge >= 0.3 is 0 Å². The van der Waals surface area contributed by atoms with Crippen LogP contribution >= 0.6 is 11.3 Å². The lowest BCUT2D eigenvalue weighted by molar-refractivity contribution is 0.761. The Hall–Kier alpha value is -1.75. The maximum atomic E-state index is 5.07. The summed E-state index contributed by atoms with van der Waals surface area (Å²) in [7, 11) is 2.14. The van der Waals surface area contributed by atoms with Gasteiger partial charge in [-0.3, -0.25) is 0 Å². The largest absolute Gasteiger partial charge is 0.358 e. The van der Waals surface area contributed by atoms with Crippen LogP contribution < -0.4 is 4.90 Å². The molecule has 0 bridgehead atoms. The summed E-state index contributed by atoms with van der Waals surface area (Å²) in [6, 6.07) is 0. The molecule has 1 aliphatic carbocycles. The average molecular weight is 355 g/mol. The van der Waals surface area contributed by atoms with Crippen molar-refractivity contribution < 1.29 is 0 Å². The summed E-state index contributed by atoms with van der Waals surface area (Å²) in [5, 5.41) is 1.31. The van der Waals surface area contributed by atoms with Crippen LogP contribution in [0.1, 0.15) is 56.4 Å². The van der Waals surface area contributed by atoms with Gasteiger partial charge in [-0.05, 0) is 43.2 Å². The third kappa shape index (κ3) is 2.78. The predicted octanol–water partition coefficient (Wildman–Crippen LogP) is 4.92. The van der Waals surface area contributed by atoms with E-state index in [1.165, 1.54) is 59.0 Å². The number of unbranched alkanes of at least 4 members (excludes halogenated alkanes) is 1. The number of nitrogens with zero attached hydrogens (tertiary/aromatic N) is 4. The molecule has 3 heterocycles. The third-order valence-electron chi connectivity index (χ3n) is 5.23. The van der Waals surface area contributed by atoms with E-state index in [0.29, 0.717) is 0 Å². The van der Waals surface area contributed by atoms with Crippen molar-refractivity contribution in [2.75, 3.05) is 18.5 Å². The Morgan fingerprint density at radius 2 is 1.96 bits per heavy atom. The predicted molar refractivity (Wildman–Crippen MR) is 107 cm³/mol. The zero-order valence-electron chi connectivity index (χ0n) is 15.4. The minimum Gasteiger partial charge on any atom is -0.358 e. The van der Waals surface area contributed by atoms with E-state index in [4.69, 9.17) is 4.98 Å². The van der Waals surface area contributed by atoms with E-state index in [1.807, 2.05) is 0 Å². The van der Waals surface area contributed by atoms with Crippen LogP contribution in [0.5, 0.6) is 0 Å². The number of fused-ring (bicyclic) bond motifs is 5. The summed E-state index contributed by atoms with van der Waals surface area (Å²) >= 11 is 1.78. The first-order chi connectivity index (χ1) is 12.2. The molecule has 0 unspecified atom stereocenters. The van der Waals surface area contributed by atoms with Gasteiger partial charge in [0.1, 0.15) is 17.0 Å². The van der Waals surface area contributed by atoms with Gasteiger partial charge < -0.3 is 4.90 Å². The highest BCUT2D eigenvalue weighted by molar-refractivity contribution is 7.26. The number of hydrogen-bond donors (Lipinski definition) is 0. The van der Waals surface area contributed by atoms with E-state index >= 15 is 0 Å². The number of anilines is 1. The second-order valence-electron chi connectivity index (χ2n) is 7.05. The molecule has 3 aromatic heterocycles. The van der Waals surface area contributed by atoms with Gasteiger partial charge in [-0.1, -0.05) is 26.7 Å². The fraction of sp³-hybridized carbons (Fsp3) is 0.550. The lowest BCUT2D eigenvalue weighted by Gasteiger charge is -2.17. The fourth-order valence-corrected chi connectivity index (χ4v) is 5.20. The molecular weight excluding hydrogens is 328 g/mol. The van der Waals surface area contributed by atoms with Gasteiger partial charge in [0, 0.05) is 24.7 Å². The van der Waals surface area contributed by atoms with Crippen LogP contribution in [0.15, 0.2) is 6.33 Å². The molecule has 1 aliphatic rings. The number of thiophene rings is 1. The normalized spacial score (nSPS) is 13.7. The van der Waals surface area contributed by atoms with E-state index < -0.39 is 0 Å². The molecule has 0 radical (unpaired) electrons. The van der Waals surface area contributed by atoms with Crippen molar-refractivity contribution in [1.82, 2.24) is 15.0 Å². The SMILES string of the molecule is CCCCN(C)c1ncnc2c1sc1nc(CCC)c3c(c12)CCC3. The third-order valence-corrected chi connectivity index (χ3v) is 6.30. The van der Waals surface area contributed by atoms with E-state index in [-0.39, 0.29) is 0 Å². The molecule has 5 heteroatoms. The van der Waals surface area contributed by atoms with Gasteiger partial charge in [-0.25, -0.2) is 15.0 Å². The molecule has 0 amide bonds. The smallest absolute Gasteiger partial charge is 0.149 e. The van der Waals surface area contributed by atoms with E-state index in [0.717, 1.165) is 35.6 Å². The van der Waals surface area contributed by atoms with Crippen molar-refractivity contribution in [2.45, 2.75) is 58.8 Å². The van der Waals surface area contributed by atoms with E-state index in [1.54, 1.807) is 17.7 Å². The highest BCUT2D eigenvalue weighted by Gasteiger charge is 2.24. The van der Waals surface area contributed by atoms with Gasteiger partial charge in [-0.2, -0.15) is 0 Å². The minimum absolute atomic E-state index is 1.03. The molecule has 3 aromatic rings. The lowest BCUT2D eigenvalue weighted by atomic mass is 10.0. The topological polar surface area (TPSA) is 41.9 Å². The summed E-state index contributed by atoms with van der Waals surface area (Å²) in [4.78, 5) is 17.8.